The second kappa shape index (κ2) is 15.7. The quantitative estimate of drug-likeness (QED) is 0.169. The van der Waals surface area contributed by atoms with Gasteiger partial charge >= 0.3 is 0 Å². The molecule has 45 heavy (non-hydrogen) atoms. The molecule has 0 aliphatic rings. The van der Waals surface area contributed by atoms with Crippen molar-refractivity contribution in [3.05, 3.63) is 131 Å². The second-order valence-electron chi connectivity index (χ2n) is 11.3. The summed E-state index contributed by atoms with van der Waals surface area (Å²) in [6.45, 7) is 5.99. The average Bonchev–Trinajstić information content (AvgIpc) is 3.05. The van der Waals surface area contributed by atoms with Crippen molar-refractivity contribution in [2.24, 2.45) is 5.92 Å². The number of carbonyl (C=O) groups is 2. The summed E-state index contributed by atoms with van der Waals surface area (Å²) >= 11 is 6.31. The molecule has 7 nitrogen and oxygen atoms in total. The smallest absolute Gasteiger partial charge is 0.264 e. The Bertz CT molecular complexity index is 1660. The number of anilines is 1. The van der Waals surface area contributed by atoms with Crippen LogP contribution in [0.1, 0.15) is 37.5 Å². The summed E-state index contributed by atoms with van der Waals surface area (Å²) < 4.78 is 29.3. The van der Waals surface area contributed by atoms with Crippen LogP contribution in [0.4, 0.5) is 5.69 Å². The highest BCUT2D eigenvalue weighted by Gasteiger charge is 2.34. The molecule has 0 unspecified atom stereocenters. The molecule has 236 valence electrons. The molecule has 4 rings (SSSR count). The van der Waals surface area contributed by atoms with Gasteiger partial charge in [-0.1, -0.05) is 105 Å². The number of sulfonamides is 1. The van der Waals surface area contributed by atoms with E-state index in [9.17, 15) is 18.0 Å². The molecule has 9 heteroatoms. The summed E-state index contributed by atoms with van der Waals surface area (Å²) in [5, 5.41) is 3.49. The van der Waals surface area contributed by atoms with Crippen LogP contribution in [0.25, 0.3) is 0 Å². The van der Waals surface area contributed by atoms with Crippen LogP contribution >= 0.6 is 11.6 Å². The summed E-state index contributed by atoms with van der Waals surface area (Å²) in [5.41, 5.74) is 2.98. The molecule has 4 aromatic carbocycles. The van der Waals surface area contributed by atoms with Gasteiger partial charge in [0.05, 0.1) is 10.6 Å². The van der Waals surface area contributed by atoms with Gasteiger partial charge in [0.1, 0.15) is 12.6 Å². The zero-order chi connectivity index (χ0) is 32.4. The van der Waals surface area contributed by atoms with Crippen LogP contribution in [0.2, 0.25) is 5.02 Å². The first-order valence-corrected chi connectivity index (χ1v) is 16.9. The van der Waals surface area contributed by atoms with Crippen LogP contribution in [0.5, 0.6) is 0 Å². The van der Waals surface area contributed by atoms with E-state index in [4.69, 9.17) is 11.6 Å². The Kier molecular flexibility index (Phi) is 11.8. The number of rotatable bonds is 14. The first kappa shape index (κ1) is 33.7. The monoisotopic (exact) mass is 645 g/mol. The third-order valence-electron chi connectivity index (χ3n) is 7.44. The van der Waals surface area contributed by atoms with Gasteiger partial charge in [0.2, 0.25) is 11.8 Å². The molecule has 1 atom stereocenters. The number of hydrogen-bond acceptors (Lipinski definition) is 4. The van der Waals surface area contributed by atoms with Crippen molar-refractivity contribution in [1.29, 1.82) is 0 Å². The van der Waals surface area contributed by atoms with Crippen molar-refractivity contribution in [2.75, 3.05) is 17.4 Å². The first-order valence-electron chi connectivity index (χ1n) is 15.1. The zero-order valence-corrected chi connectivity index (χ0v) is 27.5. The van der Waals surface area contributed by atoms with Gasteiger partial charge in [-0.2, -0.15) is 0 Å². The van der Waals surface area contributed by atoms with Gasteiger partial charge < -0.3 is 10.2 Å². The number of aryl methyl sites for hydroxylation is 1. The zero-order valence-electron chi connectivity index (χ0n) is 25.9. The van der Waals surface area contributed by atoms with Gasteiger partial charge in [-0.15, -0.1) is 0 Å². The van der Waals surface area contributed by atoms with Crippen molar-refractivity contribution in [3.8, 4) is 0 Å². The molecule has 2 amide bonds. The van der Waals surface area contributed by atoms with E-state index < -0.39 is 28.5 Å². The fraction of sp³-hybridized carbons (Fsp3) is 0.278. The van der Waals surface area contributed by atoms with E-state index in [-0.39, 0.29) is 29.7 Å². The fourth-order valence-corrected chi connectivity index (χ4v) is 6.60. The number of carbonyl (C=O) groups excluding carboxylic acids is 2. The molecule has 0 saturated heterocycles. The van der Waals surface area contributed by atoms with E-state index in [2.05, 4.69) is 5.32 Å². The van der Waals surface area contributed by atoms with Gasteiger partial charge in [0.15, 0.2) is 0 Å². The maximum atomic E-state index is 14.5. The number of benzene rings is 4. The molecular formula is C36H40ClN3O4S. The Balaban J connectivity index is 1.79. The van der Waals surface area contributed by atoms with Crippen LogP contribution in [0.3, 0.4) is 0 Å². The van der Waals surface area contributed by atoms with Crippen molar-refractivity contribution >= 4 is 39.1 Å². The van der Waals surface area contributed by atoms with Crippen molar-refractivity contribution < 1.29 is 18.0 Å². The van der Waals surface area contributed by atoms with Crippen LogP contribution < -0.4 is 9.62 Å². The predicted molar refractivity (Wildman–Crippen MR) is 181 cm³/mol. The van der Waals surface area contributed by atoms with Crippen molar-refractivity contribution in [3.63, 3.8) is 0 Å². The number of nitrogens with zero attached hydrogens (tertiary/aromatic N) is 2. The predicted octanol–water partition coefficient (Wildman–Crippen LogP) is 6.51. The lowest BCUT2D eigenvalue weighted by Gasteiger charge is -2.34. The fourth-order valence-electron chi connectivity index (χ4n) is 4.95. The average molecular weight is 646 g/mol. The molecule has 0 radical (unpaired) electrons. The lowest BCUT2D eigenvalue weighted by Crippen LogP contribution is -2.53. The summed E-state index contributed by atoms with van der Waals surface area (Å²) in [6, 6.07) is 30.8. The molecule has 0 aliphatic heterocycles. The van der Waals surface area contributed by atoms with Gasteiger partial charge in [-0.3, -0.25) is 13.9 Å². The van der Waals surface area contributed by atoms with E-state index >= 15 is 0 Å². The highest BCUT2D eigenvalue weighted by molar-refractivity contribution is 7.92. The minimum atomic E-state index is -4.14. The van der Waals surface area contributed by atoms with E-state index in [1.165, 1.54) is 17.0 Å². The molecule has 1 N–H and O–H groups in total. The van der Waals surface area contributed by atoms with E-state index in [0.717, 1.165) is 27.4 Å². The minimum absolute atomic E-state index is 0.0555. The molecule has 0 bridgehead atoms. The third-order valence-corrected chi connectivity index (χ3v) is 9.46. The Labute approximate surface area is 271 Å². The Morgan fingerprint density at radius 3 is 2.02 bits per heavy atom. The van der Waals surface area contributed by atoms with Crippen molar-refractivity contribution in [1.82, 2.24) is 10.2 Å². The first-order chi connectivity index (χ1) is 21.6. The molecule has 0 aromatic heterocycles. The van der Waals surface area contributed by atoms with Gasteiger partial charge in [-0.25, -0.2) is 8.42 Å². The van der Waals surface area contributed by atoms with Gasteiger partial charge in [-0.05, 0) is 65.4 Å². The minimum Gasteiger partial charge on any atom is -0.354 e. The SMILES string of the molecule is CCc1ccc(N(CC(=O)N(Cc2cccc(Cl)c2)[C@@H](Cc2ccccc2)C(=O)NCC(C)C)S(=O)(=O)c2ccccc2)cc1. The van der Waals surface area contributed by atoms with Crippen LogP contribution in [0, 0.1) is 5.92 Å². The normalized spacial score (nSPS) is 12.0. The van der Waals surface area contributed by atoms with Crippen molar-refractivity contribution in [2.45, 2.75) is 51.1 Å². The van der Waals surface area contributed by atoms with Crippen LogP contribution in [-0.2, 0) is 39.0 Å². The second-order valence-corrected chi connectivity index (χ2v) is 13.6. The standard InChI is InChI=1S/C36H40ClN3O4S/c1-4-28-18-20-32(21-19-28)40(45(43,44)33-16-9-6-10-17-33)26-35(41)39(25-30-14-11-15-31(37)22-30)34(36(42)38-24-27(2)3)23-29-12-7-5-8-13-29/h5-22,27,34H,4,23-26H2,1-3H3,(H,38,42)/t34-/m0/s1. The molecular weight excluding hydrogens is 606 g/mol. The van der Waals surface area contributed by atoms with E-state index in [1.54, 1.807) is 48.5 Å². The number of halogens is 1. The summed E-state index contributed by atoms with van der Waals surface area (Å²) in [5.74, 6) is -0.636. The molecule has 0 spiro atoms. The van der Waals surface area contributed by atoms with Crippen LogP contribution in [0.15, 0.2) is 114 Å². The summed E-state index contributed by atoms with van der Waals surface area (Å²) in [6.07, 6.45) is 1.03. The summed E-state index contributed by atoms with van der Waals surface area (Å²) in [7, 11) is -4.14. The number of hydrogen-bond donors (Lipinski definition) is 1. The van der Waals surface area contributed by atoms with E-state index in [0.29, 0.717) is 17.3 Å². The maximum Gasteiger partial charge on any atom is 0.264 e. The van der Waals surface area contributed by atoms with E-state index in [1.807, 2.05) is 69.3 Å². The molecule has 0 heterocycles. The highest BCUT2D eigenvalue weighted by atomic mass is 35.5. The van der Waals surface area contributed by atoms with Gasteiger partial charge in [0.25, 0.3) is 10.0 Å². The Morgan fingerprint density at radius 2 is 1.42 bits per heavy atom. The Hall–Kier alpha value is -4.14. The maximum absolute atomic E-state index is 14.5. The number of amides is 2. The largest absolute Gasteiger partial charge is 0.354 e. The number of nitrogens with one attached hydrogen (secondary N) is 1. The molecule has 4 aromatic rings. The molecule has 0 saturated carbocycles. The lowest BCUT2D eigenvalue weighted by atomic mass is 10.0. The molecule has 0 aliphatic carbocycles. The van der Waals surface area contributed by atoms with Gasteiger partial charge in [0, 0.05) is 24.5 Å². The Morgan fingerprint density at radius 1 is 0.800 bits per heavy atom. The highest BCUT2D eigenvalue weighted by Crippen LogP contribution is 2.26. The topological polar surface area (TPSA) is 86.8 Å². The van der Waals surface area contributed by atoms with Crippen LogP contribution in [-0.4, -0.2) is 44.3 Å². The summed E-state index contributed by atoms with van der Waals surface area (Å²) in [4.78, 5) is 29.9. The lowest BCUT2D eigenvalue weighted by molar-refractivity contribution is -0.140. The molecule has 0 fully saturated rings. The third kappa shape index (κ3) is 9.19.